The molecule has 0 amide bonds. The van der Waals surface area contributed by atoms with Gasteiger partial charge >= 0.3 is 0 Å². The Morgan fingerprint density at radius 2 is 2.25 bits per heavy atom. The van der Waals surface area contributed by atoms with Gasteiger partial charge in [0.05, 0.1) is 6.07 Å². The van der Waals surface area contributed by atoms with Gasteiger partial charge in [-0.1, -0.05) is 33.5 Å². The van der Waals surface area contributed by atoms with Crippen LogP contribution < -0.4 is 0 Å². The standard InChI is InChI=1S/C11H19N/c1-11(2,3)10-7-5-4-6-9(10)8-12/h9-10H,4-7H2,1-3H3/t9-,10+/m0/s1/i4D2,5D,7D,10D/t5-,7+,9-,10+. The summed E-state index contributed by atoms with van der Waals surface area (Å²) in [4.78, 5) is 0. The Labute approximate surface area is 82.8 Å². The van der Waals surface area contributed by atoms with Crippen molar-refractivity contribution < 1.29 is 6.85 Å². The van der Waals surface area contributed by atoms with Crippen LogP contribution in [0.5, 0.6) is 0 Å². The number of nitrogens with zero attached hydrogens (tertiary/aromatic N) is 1. The second-order valence-corrected chi connectivity index (χ2v) is 4.13. The number of nitriles is 1. The molecule has 0 unspecified atom stereocenters. The average molecular weight is 170 g/mol. The molecule has 0 saturated heterocycles. The van der Waals surface area contributed by atoms with E-state index in [0.29, 0.717) is 0 Å². The smallest absolute Gasteiger partial charge is 0.0658 e. The van der Waals surface area contributed by atoms with E-state index in [2.05, 4.69) is 0 Å². The van der Waals surface area contributed by atoms with E-state index < -0.39 is 36.4 Å². The van der Waals surface area contributed by atoms with Crippen molar-refractivity contribution in [1.29, 1.82) is 5.26 Å². The average Bonchev–Trinajstić information content (AvgIpc) is 2.19. The Kier molecular flexibility index (Phi) is 1.35. The van der Waals surface area contributed by atoms with Crippen LogP contribution in [0.25, 0.3) is 0 Å². The van der Waals surface area contributed by atoms with Crippen molar-refractivity contribution in [3.63, 3.8) is 0 Å². The van der Waals surface area contributed by atoms with Crippen LogP contribution >= 0.6 is 0 Å². The molecule has 0 aromatic heterocycles. The van der Waals surface area contributed by atoms with E-state index in [-0.39, 0.29) is 6.42 Å². The normalized spacial score (nSPS) is 59.8. The minimum Gasteiger partial charge on any atom is -0.198 e. The molecule has 1 heteroatoms. The van der Waals surface area contributed by atoms with E-state index in [1.807, 2.05) is 6.07 Å². The monoisotopic (exact) mass is 170 g/mol. The quantitative estimate of drug-likeness (QED) is 0.547. The molecule has 0 radical (unpaired) electrons. The van der Waals surface area contributed by atoms with Crippen LogP contribution in [0, 0.1) is 28.6 Å². The topological polar surface area (TPSA) is 23.8 Å². The van der Waals surface area contributed by atoms with Gasteiger partial charge in [-0.15, -0.1) is 0 Å². The Morgan fingerprint density at radius 3 is 2.75 bits per heavy atom. The predicted octanol–water partition coefficient (Wildman–Crippen LogP) is 3.36. The maximum atomic E-state index is 9.15. The first kappa shape index (κ1) is 4.65. The maximum absolute atomic E-state index is 9.15. The van der Waals surface area contributed by atoms with Crippen molar-refractivity contribution in [3.8, 4) is 6.07 Å². The Bertz CT molecular complexity index is 343. The summed E-state index contributed by atoms with van der Waals surface area (Å²) < 4.78 is 39.7. The summed E-state index contributed by atoms with van der Waals surface area (Å²) >= 11 is 0. The zero-order valence-corrected chi connectivity index (χ0v) is 7.89. The molecule has 4 atom stereocenters. The molecule has 1 nitrogen and oxygen atoms in total. The molecule has 0 N–H and O–H groups in total. The Balaban J connectivity index is 3.27. The number of hydrogen-bond donors (Lipinski definition) is 0. The van der Waals surface area contributed by atoms with Gasteiger partial charge in [0.15, 0.2) is 0 Å². The summed E-state index contributed by atoms with van der Waals surface area (Å²) in [5, 5.41) is 9.15. The van der Waals surface area contributed by atoms with Gasteiger partial charge < -0.3 is 0 Å². The molecule has 12 heavy (non-hydrogen) atoms. The number of rotatable bonds is 0. The molecule has 1 aliphatic carbocycles. The lowest BCUT2D eigenvalue weighted by atomic mass is 9.67. The summed E-state index contributed by atoms with van der Waals surface area (Å²) in [6.45, 7) is 5.33. The van der Waals surface area contributed by atoms with Gasteiger partial charge in [0.1, 0.15) is 0 Å². The highest BCUT2D eigenvalue weighted by Crippen LogP contribution is 2.41. The predicted molar refractivity (Wildman–Crippen MR) is 50.5 cm³/mol. The van der Waals surface area contributed by atoms with Crippen LogP contribution in [0.2, 0.25) is 0 Å². The summed E-state index contributed by atoms with van der Waals surface area (Å²) in [7, 11) is 0. The maximum Gasteiger partial charge on any atom is 0.0658 e. The van der Waals surface area contributed by atoms with Gasteiger partial charge in [-0.05, 0) is 24.1 Å². The van der Waals surface area contributed by atoms with Crippen molar-refractivity contribution in [2.45, 2.75) is 46.4 Å². The van der Waals surface area contributed by atoms with Crippen molar-refractivity contribution in [3.05, 3.63) is 0 Å². The molecule has 0 spiro atoms. The van der Waals surface area contributed by atoms with Crippen molar-refractivity contribution >= 4 is 0 Å². The second kappa shape index (κ2) is 3.47. The largest absolute Gasteiger partial charge is 0.198 e. The van der Waals surface area contributed by atoms with E-state index in [9.17, 15) is 0 Å². The minimum atomic E-state index is -1.86. The van der Waals surface area contributed by atoms with Crippen molar-refractivity contribution in [2.24, 2.45) is 17.2 Å². The van der Waals surface area contributed by atoms with Gasteiger partial charge in [0.25, 0.3) is 0 Å². The minimum absolute atomic E-state index is 0.131. The van der Waals surface area contributed by atoms with Gasteiger partial charge in [-0.3, -0.25) is 0 Å². The molecule has 1 aliphatic rings. The molecule has 1 saturated carbocycles. The Morgan fingerprint density at radius 1 is 1.58 bits per heavy atom. The highest BCUT2D eigenvalue weighted by Gasteiger charge is 2.33. The van der Waals surface area contributed by atoms with Crippen LogP contribution in [-0.2, 0) is 0 Å². The summed E-state index contributed by atoms with van der Waals surface area (Å²) in [6.07, 6.45) is -4.48. The first-order chi connectivity index (χ1) is 7.48. The zero-order valence-electron chi connectivity index (χ0n) is 12.9. The molecule has 0 aromatic carbocycles. The van der Waals surface area contributed by atoms with Gasteiger partial charge in [-0.25, -0.2) is 0 Å². The molecular weight excluding hydrogens is 146 g/mol. The fraction of sp³-hybridized carbons (Fsp3) is 0.909. The van der Waals surface area contributed by atoms with Crippen molar-refractivity contribution in [1.82, 2.24) is 0 Å². The highest BCUT2D eigenvalue weighted by atomic mass is 14.4. The Hall–Kier alpha value is -0.510. The first-order valence-electron chi connectivity index (χ1n) is 6.88. The van der Waals surface area contributed by atoms with Gasteiger partial charge in [0, 0.05) is 12.8 Å². The SMILES string of the molecule is [2H][C@@H]1[C@@H]([2H])[C@@]([2H])(C(C)(C)C)[C@H](C#N)CC1([2H])[2H]. The van der Waals surface area contributed by atoms with Crippen LogP contribution in [0.3, 0.4) is 0 Å². The third-order valence-electron chi connectivity index (χ3n) is 2.10. The van der Waals surface area contributed by atoms with Crippen LogP contribution in [0.15, 0.2) is 0 Å². The van der Waals surface area contributed by atoms with Crippen molar-refractivity contribution in [2.75, 3.05) is 0 Å². The molecule has 1 fully saturated rings. The lowest BCUT2D eigenvalue weighted by Gasteiger charge is -2.37. The lowest BCUT2D eigenvalue weighted by molar-refractivity contribution is 0.139. The summed E-state index contributed by atoms with van der Waals surface area (Å²) in [5.74, 6) is -2.25. The molecule has 68 valence electrons. The molecule has 0 aliphatic heterocycles. The van der Waals surface area contributed by atoms with Crippen LogP contribution in [0.1, 0.15) is 53.2 Å². The molecule has 0 aromatic rings. The molecular formula is C11H19N. The van der Waals surface area contributed by atoms with Gasteiger partial charge in [-0.2, -0.15) is 5.26 Å². The highest BCUT2D eigenvalue weighted by molar-refractivity contribution is 4.94. The fourth-order valence-corrected chi connectivity index (χ4v) is 1.45. The zero-order chi connectivity index (χ0) is 13.6. The lowest BCUT2D eigenvalue weighted by Crippen LogP contribution is -2.30. The summed E-state index contributed by atoms with van der Waals surface area (Å²) in [5.41, 5.74) is -0.629. The first-order valence-corrected chi connectivity index (χ1v) is 4.22. The van der Waals surface area contributed by atoms with Crippen LogP contribution in [-0.4, -0.2) is 0 Å². The molecule has 1 rings (SSSR count). The van der Waals surface area contributed by atoms with E-state index in [0.717, 1.165) is 0 Å². The van der Waals surface area contributed by atoms with E-state index in [1.54, 1.807) is 20.8 Å². The molecule has 0 heterocycles. The number of hydrogen-bond acceptors (Lipinski definition) is 1. The van der Waals surface area contributed by atoms with E-state index in [4.69, 9.17) is 12.1 Å². The van der Waals surface area contributed by atoms with E-state index >= 15 is 0 Å². The third-order valence-corrected chi connectivity index (χ3v) is 2.10. The molecule has 0 bridgehead atoms. The third kappa shape index (κ3) is 2.00. The van der Waals surface area contributed by atoms with E-state index in [1.165, 1.54) is 0 Å². The van der Waals surface area contributed by atoms with Crippen LogP contribution in [0.4, 0.5) is 0 Å². The van der Waals surface area contributed by atoms with Gasteiger partial charge in [0.2, 0.25) is 0 Å². The second-order valence-electron chi connectivity index (χ2n) is 4.13. The fourth-order valence-electron chi connectivity index (χ4n) is 1.45. The summed E-state index contributed by atoms with van der Waals surface area (Å²) in [6, 6.07) is 1.98.